The van der Waals surface area contributed by atoms with E-state index in [1.165, 1.54) is 11.8 Å². The fourth-order valence-corrected chi connectivity index (χ4v) is 7.60. The Labute approximate surface area is 239 Å². The van der Waals surface area contributed by atoms with Crippen LogP contribution in [0.2, 0.25) is 0 Å². The Kier molecular flexibility index (Phi) is 7.43. The molecule has 4 heterocycles. The number of fused-ring (bicyclic) bond motifs is 1. The number of benzene rings is 1. The molecule has 0 unspecified atom stereocenters. The van der Waals surface area contributed by atoms with Gasteiger partial charge >= 0.3 is 6.18 Å². The smallest absolute Gasteiger partial charge is 0.369 e. The Morgan fingerprint density at radius 3 is 2.75 bits per heavy atom. The molecule has 2 aromatic heterocycles. The van der Waals surface area contributed by atoms with E-state index in [4.69, 9.17) is 0 Å². The zero-order chi connectivity index (χ0) is 28.0. The van der Waals surface area contributed by atoms with Crippen LogP contribution < -0.4 is 15.5 Å². The average Bonchev–Trinajstić information content (AvgIpc) is 3.70. The van der Waals surface area contributed by atoms with Gasteiger partial charge in [-0.1, -0.05) is 6.92 Å². The van der Waals surface area contributed by atoms with Crippen LogP contribution in [0.3, 0.4) is 0 Å². The number of thioether (sulfide) groups is 1. The lowest BCUT2D eigenvalue weighted by Crippen LogP contribution is -2.49. The summed E-state index contributed by atoms with van der Waals surface area (Å²) < 4.78 is 42.2. The monoisotopic (exact) mass is 588 g/mol. The van der Waals surface area contributed by atoms with Gasteiger partial charge in [0.25, 0.3) is 5.91 Å². The summed E-state index contributed by atoms with van der Waals surface area (Å²) in [5.41, 5.74) is 1.78. The quantitative estimate of drug-likeness (QED) is 0.364. The van der Waals surface area contributed by atoms with Gasteiger partial charge in [0, 0.05) is 66.5 Å². The molecule has 1 atom stereocenters. The van der Waals surface area contributed by atoms with Gasteiger partial charge in [0.2, 0.25) is 5.95 Å². The lowest BCUT2D eigenvalue weighted by Gasteiger charge is -2.34. The molecule has 2 fully saturated rings. The zero-order valence-electron chi connectivity index (χ0n) is 22.3. The first-order valence-electron chi connectivity index (χ1n) is 13.6. The van der Waals surface area contributed by atoms with Gasteiger partial charge in [-0.2, -0.15) is 13.2 Å². The predicted octanol–water partition coefficient (Wildman–Crippen LogP) is 6.04. The molecule has 1 aliphatic carbocycles. The topological polar surface area (TPSA) is 73.4 Å². The number of amides is 1. The Balaban J connectivity index is 1.32. The van der Waals surface area contributed by atoms with Crippen LogP contribution in [0.15, 0.2) is 35.4 Å². The maximum absolute atomic E-state index is 14.1. The van der Waals surface area contributed by atoms with Gasteiger partial charge in [-0.05, 0) is 56.0 Å². The largest absolute Gasteiger partial charge is 0.420 e. The predicted molar refractivity (Wildman–Crippen MR) is 154 cm³/mol. The second-order valence-electron chi connectivity index (χ2n) is 10.5. The number of aromatic nitrogens is 2. The normalized spacial score (nSPS) is 19.9. The van der Waals surface area contributed by atoms with Crippen molar-refractivity contribution < 1.29 is 18.0 Å². The highest BCUT2D eigenvalue weighted by Crippen LogP contribution is 2.44. The summed E-state index contributed by atoms with van der Waals surface area (Å²) >= 11 is 2.60. The minimum Gasteiger partial charge on any atom is -0.369 e. The molecule has 1 saturated carbocycles. The van der Waals surface area contributed by atoms with Crippen molar-refractivity contribution in [1.29, 1.82) is 0 Å². The summed E-state index contributed by atoms with van der Waals surface area (Å²) in [7, 11) is 0. The molecule has 6 rings (SSSR count). The van der Waals surface area contributed by atoms with Crippen molar-refractivity contribution >= 4 is 46.3 Å². The molecule has 12 heteroatoms. The van der Waals surface area contributed by atoms with Crippen LogP contribution in [0, 0.1) is 0 Å². The van der Waals surface area contributed by atoms with E-state index in [9.17, 15) is 18.0 Å². The second-order valence-corrected chi connectivity index (χ2v) is 12.6. The van der Waals surface area contributed by atoms with E-state index in [0.717, 1.165) is 84.0 Å². The Hall–Kier alpha value is -2.83. The lowest BCUT2D eigenvalue weighted by molar-refractivity contribution is -0.137. The Bertz CT molecular complexity index is 1420. The Morgan fingerprint density at radius 2 is 2.02 bits per heavy atom. The van der Waals surface area contributed by atoms with E-state index < -0.39 is 11.7 Å². The number of nitrogens with zero attached hydrogens (tertiary/aromatic N) is 4. The number of thiophene rings is 1. The molecule has 3 aliphatic rings. The summed E-state index contributed by atoms with van der Waals surface area (Å²) in [4.78, 5) is 27.4. The molecule has 0 bridgehead atoms. The molecule has 7 nitrogen and oxygen atoms in total. The number of carbonyl (C=O) groups is 1. The van der Waals surface area contributed by atoms with Crippen LogP contribution >= 0.6 is 23.1 Å². The minimum absolute atomic E-state index is 0.0865. The van der Waals surface area contributed by atoms with Crippen LogP contribution in [0.4, 0.5) is 30.5 Å². The first-order chi connectivity index (χ1) is 19.2. The average molecular weight is 589 g/mol. The number of hydrogen-bond donors (Lipinski definition) is 2. The first kappa shape index (κ1) is 27.3. The highest BCUT2D eigenvalue weighted by Gasteiger charge is 2.39. The van der Waals surface area contributed by atoms with Gasteiger partial charge in [0.05, 0.1) is 10.6 Å². The molecule has 2 aliphatic heterocycles. The van der Waals surface area contributed by atoms with Crippen molar-refractivity contribution in [1.82, 2.24) is 20.2 Å². The third-order valence-corrected chi connectivity index (χ3v) is 9.79. The maximum Gasteiger partial charge on any atom is 0.420 e. The van der Waals surface area contributed by atoms with Crippen LogP contribution in [-0.2, 0) is 12.6 Å². The first-order valence-corrected chi connectivity index (χ1v) is 15.4. The van der Waals surface area contributed by atoms with Crippen molar-refractivity contribution in [2.75, 3.05) is 42.1 Å². The number of carbonyl (C=O) groups excluding carboxylic acids is 1. The molecule has 1 saturated heterocycles. The zero-order valence-corrected chi connectivity index (χ0v) is 24.0. The molecular weight excluding hydrogens is 557 g/mol. The molecule has 0 radical (unpaired) electrons. The van der Waals surface area contributed by atoms with Gasteiger partial charge in [-0.15, -0.1) is 23.1 Å². The molecule has 0 spiro atoms. The molecule has 3 aromatic rings. The highest BCUT2D eigenvalue weighted by atomic mass is 32.2. The van der Waals surface area contributed by atoms with Crippen molar-refractivity contribution in [3.8, 4) is 10.6 Å². The summed E-state index contributed by atoms with van der Waals surface area (Å²) in [6.45, 7) is 7.60. The molecule has 1 amide bonds. The van der Waals surface area contributed by atoms with Crippen LogP contribution in [0.25, 0.3) is 10.6 Å². The van der Waals surface area contributed by atoms with E-state index in [-0.39, 0.29) is 23.6 Å². The van der Waals surface area contributed by atoms with Gasteiger partial charge in [0.1, 0.15) is 10.4 Å². The number of hydrogen-bond acceptors (Lipinski definition) is 8. The minimum atomic E-state index is -4.64. The summed E-state index contributed by atoms with van der Waals surface area (Å²) in [5, 5.41) is 6.61. The van der Waals surface area contributed by atoms with Crippen LogP contribution in [0.5, 0.6) is 0 Å². The molecule has 212 valence electrons. The van der Waals surface area contributed by atoms with Gasteiger partial charge in [-0.25, -0.2) is 9.97 Å². The molecular formula is C28H31F3N6OS2. The molecule has 1 aromatic carbocycles. The van der Waals surface area contributed by atoms with Crippen molar-refractivity contribution in [3.63, 3.8) is 0 Å². The number of rotatable bonds is 6. The number of nitrogens with one attached hydrogen (secondary N) is 2. The molecule has 40 heavy (non-hydrogen) atoms. The second kappa shape index (κ2) is 10.9. The van der Waals surface area contributed by atoms with Crippen molar-refractivity contribution in [2.45, 2.75) is 56.3 Å². The standard InChI is InChI=1S/C28H31F3N6OS2/c1-3-17-12-19(36-9-8-32-16(2)15-36)6-7-21(17)34-27-33-14-20(28(29,30)31)24(35-27)22-13-23-25(40-22)26(38)37(10-11-39-23)18-4-5-18/h6-7,12-14,16,18,32H,3-5,8-11,15H2,1-2H3,(H,33,34,35)/t16-/m0/s1. The highest BCUT2D eigenvalue weighted by molar-refractivity contribution is 7.99. The summed E-state index contributed by atoms with van der Waals surface area (Å²) in [5.74, 6) is 0.714. The summed E-state index contributed by atoms with van der Waals surface area (Å²) in [6, 6.07) is 8.41. The number of alkyl halides is 3. The third kappa shape index (κ3) is 5.53. The fraction of sp³-hybridized carbons (Fsp3) is 0.464. The van der Waals surface area contributed by atoms with E-state index in [1.54, 1.807) is 6.07 Å². The summed E-state index contributed by atoms with van der Waals surface area (Å²) in [6.07, 6.45) is -1.09. The molecule has 2 N–H and O–H groups in total. The SMILES string of the molecule is CCc1cc(N2CCN[C@@H](C)C2)ccc1Nc1ncc(C(F)(F)F)c(-c2cc3c(s2)C(=O)N(C2CC2)CCS3)n1. The fourth-order valence-electron chi connectivity index (χ4n) is 5.28. The van der Waals surface area contributed by atoms with Crippen molar-refractivity contribution in [2.24, 2.45) is 0 Å². The van der Waals surface area contributed by atoms with Gasteiger partial charge in [-0.3, -0.25) is 4.79 Å². The number of halogens is 3. The van der Waals surface area contributed by atoms with Gasteiger partial charge < -0.3 is 20.4 Å². The van der Waals surface area contributed by atoms with Crippen molar-refractivity contribution in [3.05, 3.63) is 46.5 Å². The van der Waals surface area contributed by atoms with E-state index in [1.807, 2.05) is 24.0 Å². The number of aryl methyl sites for hydroxylation is 1. The number of anilines is 3. The van der Waals surface area contributed by atoms with Gasteiger partial charge in [0.15, 0.2) is 0 Å². The van der Waals surface area contributed by atoms with Crippen LogP contribution in [0.1, 0.15) is 47.5 Å². The van der Waals surface area contributed by atoms with E-state index >= 15 is 0 Å². The number of piperazine rings is 1. The van der Waals surface area contributed by atoms with E-state index in [2.05, 4.69) is 38.5 Å². The Morgan fingerprint density at radius 1 is 1.20 bits per heavy atom. The maximum atomic E-state index is 14.1. The lowest BCUT2D eigenvalue weighted by atomic mass is 10.1. The van der Waals surface area contributed by atoms with E-state index in [0.29, 0.717) is 22.3 Å². The van der Waals surface area contributed by atoms with Crippen LogP contribution in [-0.4, -0.2) is 64.8 Å². The third-order valence-electron chi connectivity index (χ3n) is 7.51.